The highest BCUT2D eigenvalue weighted by atomic mass is 16.5. The van der Waals surface area contributed by atoms with Crippen LogP contribution < -0.4 is 20.5 Å². The SMILES string of the molecule is COC(=O)CC(NC(=O)CCN)c1ccc(OC)c(OC)c1. The number of nitrogens with one attached hydrogen (secondary N) is 1. The van der Waals surface area contributed by atoms with Crippen LogP contribution in [0.25, 0.3) is 0 Å². The third-order valence-corrected chi connectivity index (χ3v) is 3.12. The van der Waals surface area contributed by atoms with Crippen molar-refractivity contribution in [3.63, 3.8) is 0 Å². The van der Waals surface area contributed by atoms with Crippen LogP contribution in [0.2, 0.25) is 0 Å². The third-order valence-electron chi connectivity index (χ3n) is 3.12. The molecule has 0 spiro atoms. The first kappa shape index (κ1) is 17.8. The summed E-state index contributed by atoms with van der Waals surface area (Å²) >= 11 is 0. The zero-order valence-corrected chi connectivity index (χ0v) is 13.0. The molecule has 3 N–H and O–H groups in total. The van der Waals surface area contributed by atoms with Crippen LogP contribution in [0.3, 0.4) is 0 Å². The van der Waals surface area contributed by atoms with Gasteiger partial charge >= 0.3 is 5.97 Å². The molecule has 0 aliphatic rings. The van der Waals surface area contributed by atoms with E-state index in [4.69, 9.17) is 15.2 Å². The summed E-state index contributed by atoms with van der Waals surface area (Å²) in [5, 5.41) is 2.77. The summed E-state index contributed by atoms with van der Waals surface area (Å²) in [5.74, 6) is 0.429. The van der Waals surface area contributed by atoms with E-state index in [-0.39, 0.29) is 25.3 Å². The van der Waals surface area contributed by atoms with E-state index in [0.717, 1.165) is 0 Å². The predicted molar refractivity (Wildman–Crippen MR) is 80.7 cm³/mol. The second kappa shape index (κ2) is 8.89. The lowest BCUT2D eigenvalue weighted by molar-refractivity contribution is -0.141. The average molecular weight is 310 g/mol. The van der Waals surface area contributed by atoms with Crippen molar-refractivity contribution in [2.75, 3.05) is 27.9 Å². The Morgan fingerprint density at radius 3 is 2.41 bits per heavy atom. The number of carbonyl (C=O) groups excluding carboxylic acids is 2. The molecule has 0 aromatic heterocycles. The van der Waals surface area contributed by atoms with Gasteiger partial charge in [-0.3, -0.25) is 9.59 Å². The Morgan fingerprint density at radius 2 is 1.86 bits per heavy atom. The average Bonchev–Trinajstić information content (AvgIpc) is 2.53. The molecule has 0 aliphatic carbocycles. The van der Waals surface area contributed by atoms with Crippen molar-refractivity contribution < 1.29 is 23.8 Å². The van der Waals surface area contributed by atoms with Gasteiger partial charge in [-0.1, -0.05) is 6.07 Å². The Bertz CT molecular complexity index is 519. The highest BCUT2D eigenvalue weighted by Crippen LogP contribution is 2.31. The normalized spacial score (nSPS) is 11.5. The zero-order chi connectivity index (χ0) is 16.5. The number of esters is 1. The molecule has 122 valence electrons. The summed E-state index contributed by atoms with van der Waals surface area (Å²) in [6, 6.07) is 4.67. The van der Waals surface area contributed by atoms with Crippen LogP contribution in [0.5, 0.6) is 11.5 Å². The number of amides is 1. The number of rotatable bonds is 8. The summed E-state index contributed by atoms with van der Waals surface area (Å²) in [6.45, 7) is 0.239. The largest absolute Gasteiger partial charge is 0.493 e. The quantitative estimate of drug-likeness (QED) is 0.688. The number of nitrogens with two attached hydrogens (primary N) is 1. The minimum absolute atomic E-state index is 0.0162. The van der Waals surface area contributed by atoms with Crippen molar-refractivity contribution >= 4 is 11.9 Å². The minimum atomic E-state index is -0.522. The van der Waals surface area contributed by atoms with E-state index in [2.05, 4.69) is 10.1 Å². The molecule has 1 rings (SSSR count). The molecule has 1 amide bonds. The standard InChI is InChI=1S/C15H22N2O5/c1-20-12-5-4-10(8-13(12)21-2)11(9-15(19)22-3)17-14(18)6-7-16/h4-5,8,11H,6-7,9,16H2,1-3H3,(H,17,18). The Kier molecular flexibility index (Phi) is 7.18. The van der Waals surface area contributed by atoms with Crippen LogP contribution in [-0.4, -0.2) is 39.8 Å². The van der Waals surface area contributed by atoms with Gasteiger partial charge in [-0.05, 0) is 17.7 Å². The molecule has 0 aliphatic heterocycles. The van der Waals surface area contributed by atoms with Crippen LogP contribution in [0.4, 0.5) is 0 Å². The highest BCUT2D eigenvalue weighted by molar-refractivity contribution is 5.78. The number of hydrogen-bond donors (Lipinski definition) is 2. The van der Waals surface area contributed by atoms with Crippen LogP contribution in [-0.2, 0) is 14.3 Å². The second-order valence-electron chi connectivity index (χ2n) is 4.55. The molecular formula is C15H22N2O5. The van der Waals surface area contributed by atoms with E-state index in [1.165, 1.54) is 21.3 Å². The molecule has 7 heteroatoms. The predicted octanol–water partition coefficient (Wildman–Crippen LogP) is 0.773. The van der Waals surface area contributed by atoms with Crippen molar-refractivity contribution in [2.24, 2.45) is 5.73 Å². The molecule has 0 fully saturated rings. The smallest absolute Gasteiger partial charge is 0.307 e. The van der Waals surface area contributed by atoms with Gasteiger partial charge in [-0.2, -0.15) is 0 Å². The van der Waals surface area contributed by atoms with Crippen molar-refractivity contribution in [3.05, 3.63) is 23.8 Å². The van der Waals surface area contributed by atoms with Crippen molar-refractivity contribution in [3.8, 4) is 11.5 Å². The fourth-order valence-corrected chi connectivity index (χ4v) is 1.97. The molecule has 0 radical (unpaired) electrons. The molecule has 22 heavy (non-hydrogen) atoms. The lowest BCUT2D eigenvalue weighted by Gasteiger charge is -2.19. The van der Waals surface area contributed by atoms with E-state index >= 15 is 0 Å². The van der Waals surface area contributed by atoms with E-state index < -0.39 is 12.0 Å². The summed E-state index contributed by atoms with van der Waals surface area (Å²) < 4.78 is 15.1. The maximum absolute atomic E-state index is 11.8. The Labute approximate surface area is 129 Å². The summed E-state index contributed by atoms with van der Waals surface area (Å²) in [4.78, 5) is 23.3. The topological polar surface area (TPSA) is 99.9 Å². The lowest BCUT2D eigenvalue weighted by Crippen LogP contribution is -2.31. The van der Waals surface area contributed by atoms with E-state index in [1.54, 1.807) is 18.2 Å². The first-order valence-electron chi connectivity index (χ1n) is 6.83. The monoisotopic (exact) mass is 310 g/mol. The van der Waals surface area contributed by atoms with Gasteiger partial charge in [0.1, 0.15) is 0 Å². The number of carbonyl (C=O) groups is 2. The Hall–Kier alpha value is -2.28. The number of ether oxygens (including phenoxy) is 3. The fraction of sp³-hybridized carbons (Fsp3) is 0.467. The van der Waals surface area contributed by atoms with E-state index in [1.807, 2.05) is 0 Å². The van der Waals surface area contributed by atoms with Crippen LogP contribution in [0.1, 0.15) is 24.4 Å². The van der Waals surface area contributed by atoms with Gasteiger partial charge in [0.05, 0.1) is 33.8 Å². The number of benzene rings is 1. The maximum atomic E-state index is 11.8. The van der Waals surface area contributed by atoms with Crippen molar-refractivity contribution in [1.29, 1.82) is 0 Å². The van der Waals surface area contributed by atoms with Gasteiger partial charge in [0.25, 0.3) is 0 Å². The van der Waals surface area contributed by atoms with Gasteiger partial charge in [0, 0.05) is 13.0 Å². The Balaban J connectivity index is 3.03. The summed E-state index contributed by atoms with van der Waals surface area (Å²) in [5.41, 5.74) is 6.08. The minimum Gasteiger partial charge on any atom is -0.493 e. The molecule has 0 heterocycles. The van der Waals surface area contributed by atoms with Gasteiger partial charge < -0.3 is 25.3 Å². The van der Waals surface area contributed by atoms with Gasteiger partial charge in [-0.25, -0.2) is 0 Å². The highest BCUT2D eigenvalue weighted by Gasteiger charge is 2.20. The second-order valence-corrected chi connectivity index (χ2v) is 4.55. The molecule has 0 saturated carbocycles. The van der Waals surface area contributed by atoms with Crippen LogP contribution in [0.15, 0.2) is 18.2 Å². The van der Waals surface area contributed by atoms with E-state index in [9.17, 15) is 9.59 Å². The fourth-order valence-electron chi connectivity index (χ4n) is 1.97. The molecule has 1 unspecified atom stereocenters. The molecule has 0 bridgehead atoms. The number of hydrogen-bond acceptors (Lipinski definition) is 6. The van der Waals surface area contributed by atoms with Gasteiger partial charge in [0.2, 0.25) is 5.91 Å². The first-order valence-corrected chi connectivity index (χ1v) is 6.83. The van der Waals surface area contributed by atoms with Crippen molar-refractivity contribution in [2.45, 2.75) is 18.9 Å². The number of methoxy groups -OCH3 is 3. The molecule has 0 saturated heterocycles. The molecule has 1 aromatic carbocycles. The summed E-state index contributed by atoms with van der Waals surface area (Å²) in [7, 11) is 4.35. The van der Waals surface area contributed by atoms with E-state index in [0.29, 0.717) is 17.1 Å². The zero-order valence-electron chi connectivity index (χ0n) is 13.0. The van der Waals surface area contributed by atoms with Crippen LogP contribution >= 0.6 is 0 Å². The molecular weight excluding hydrogens is 288 g/mol. The molecule has 7 nitrogen and oxygen atoms in total. The van der Waals surface area contributed by atoms with Crippen molar-refractivity contribution in [1.82, 2.24) is 5.32 Å². The first-order chi connectivity index (χ1) is 10.5. The lowest BCUT2D eigenvalue weighted by atomic mass is 10.0. The third kappa shape index (κ3) is 4.92. The Morgan fingerprint density at radius 1 is 1.18 bits per heavy atom. The summed E-state index contributed by atoms with van der Waals surface area (Å²) in [6.07, 6.45) is 0.202. The van der Waals surface area contributed by atoms with Gasteiger partial charge in [0.15, 0.2) is 11.5 Å². The molecule has 1 atom stereocenters. The van der Waals surface area contributed by atoms with Crippen LogP contribution in [0, 0.1) is 0 Å². The van der Waals surface area contributed by atoms with Gasteiger partial charge in [-0.15, -0.1) is 0 Å². The molecule has 1 aromatic rings. The maximum Gasteiger partial charge on any atom is 0.307 e.